The normalized spacial score (nSPS) is 19.9. The number of nitrogens with one attached hydrogen (secondary N) is 2. The zero-order valence-electron chi connectivity index (χ0n) is 18.7. The average molecular weight is 541 g/mol. The molecule has 0 amide bonds. The summed E-state index contributed by atoms with van der Waals surface area (Å²) in [6, 6.07) is 8.65. The summed E-state index contributed by atoms with van der Waals surface area (Å²) in [5.41, 5.74) is 0. The Hall–Kier alpha value is -1.52. The Morgan fingerprint density at radius 3 is 1.97 bits per heavy atom. The van der Waals surface area contributed by atoms with Crippen LogP contribution in [-0.2, 0) is 0 Å². The lowest BCUT2D eigenvalue weighted by Crippen LogP contribution is -2.45. The molecule has 2 N–H and O–H groups in total. The van der Waals surface area contributed by atoms with E-state index in [-0.39, 0.29) is 36.1 Å². The lowest BCUT2D eigenvalue weighted by atomic mass is 10.2. The molecule has 4 rings (SSSR count). The third-order valence-electron chi connectivity index (χ3n) is 6.27. The molecule has 2 aromatic heterocycles. The van der Waals surface area contributed by atoms with Crippen LogP contribution in [0.1, 0.15) is 55.0 Å². The number of hydrogen-bond acceptors (Lipinski definition) is 5. The summed E-state index contributed by atoms with van der Waals surface area (Å²) in [6.07, 6.45) is 6.78. The maximum Gasteiger partial charge on any atom is 0.191 e. The predicted molar refractivity (Wildman–Crippen MR) is 134 cm³/mol. The van der Waals surface area contributed by atoms with Gasteiger partial charge >= 0.3 is 0 Å². The molecule has 2 aliphatic heterocycles. The van der Waals surface area contributed by atoms with E-state index in [1.165, 1.54) is 25.7 Å². The summed E-state index contributed by atoms with van der Waals surface area (Å²) in [6.45, 7) is 8.01. The van der Waals surface area contributed by atoms with Crippen LogP contribution in [0, 0.1) is 6.92 Å². The van der Waals surface area contributed by atoms with Gasteiger partial charge in [0.2, 0.25) is 0 Å². The second kappa shape index (κ2) is 11.9. The number of hydrogen-bond donors (Lipinski definition) is 2. The van der Waals surface area contributed by atoms with Gasteiger partial charge in [-0.2, -0.15) is 0 Å². The second-order valence-corrected chi connectivity index (χ2v) is 8.32. The van der Waals surface area contributed by atoms with Gasteiger partial charge in [0.25, 0.3) is 0 Å². The van der Waals surface area contributed by atoms with Crippen molar-refractivity contribution in [2.24, 2.45) is 4.99 Å². The lowest BCUT2D eigenvalue weighted by molar-refractivity contribution is 0.210. The fourth-order valence-electron chi connectivity index (χ4n) is 4.65. The highest BCUT2D eigenvalue weighted by Gasteiger charge is 2.27. The van der Waals surface area contributed by atoms with E-state index >= 15 is 0 Å². The number of guanidine groups is 1. The minimum Gasteiger partial charge on any atom is -0.468 e. The third kappa shape index (κ3) is 6.26. The molecule has 0 bridgehead atoms. The highest BCUT2D eigenvalue weighted by atomic mass is 127. The monoisotopic (exact) mass is 541 g/mol. The number of halogens is 1. The van der Waals surface area contributed by atoms with Gasteiger partial charge in [0.05, 0.1) is 18.3 Å². The topological polar surface area (TPSA) is 69.2 Å². The standard InChI is InChI=1S/C23H35N5O2.HI/c1-18-9-10-22(30-18)20(28-13-5-6-14-28)17-26-23(24-2)25-16-19(21-8-7-15-29-21)27-11-3-4-12-27;/h7-10,15,19-20H,3-6,11-14,16-17H2,1-2H3,(H2,24,25,26);1H. The molecule has 2 aromatic rings. The molecule has 2 atom stereocenters. The van der Waals surface area contributed by atoms with E-state index in [2.05, 4.69) is 43.6 Å². The maximum atomic E-state index is 5.98. The minimum absolute atomic E-state index is 0. The molecule has 0 spiro atoms. The predicted octanol–water partition coefficient (Wildman–Crippen LogP) is 3.94. The quantitative estimate of drug-likeness (QED) is 0.300. The fourth-order valence-corrected chi connectivity index (χ4v) is 4.65. The van der Waals surface area contributed by atoms with Gasteiger partial charge < -0.3 is 19.5 Å². The summed E-state index contributed by atoms with van der Waals surface area (Å²) in [4.78, 5) is 9.47. The van der Waals surface area contributed by atoms with E-state index in [4.69, 9.17) is 8.83 Å². The van der Waals surface area contributed by atoms with Crippen molar-refractivity contribution >= 4 is 29.9 Å². The summed E-state index contributed by atoms with van der Waals surface area (Å²) in [7, 11) is 1.83. The maximum absolute atomic E-state index is 5.98. The van der Waals surface area contributed by atoms with Gasteiger partial charge in [0, 0.05) is 20.1 Å². The molecule has 0 saturated carbocycles. The van der Waals surface area contributed by atoms with Crippen molar-refractivity contribution in [1.29, 1.82) is 0 Å². The van der Waals surface area contributed by atoms with E-state index in [1.807, 2.05) is 20.0 Å². The molecular weight excluding hydrogens is 505 g/mol. The molecule has 0 aromatic carbocycles. The van der Waals surface area contributed by atoms with E-state index in [0.29, 0.717) is 0 Å². The van der Waals surface area contributed by atoms with Crippen LogP contribution in [0.2, 0.25) is 0 Å². The highest BCUT2D eigenvalue weighted by molar-refractivity contribution is 14.0. The molecule has 0 radical (unpaired) electrons. The SMILES string of the molecule is CN=C(NCC(c1ccco1)N1CCCC1)NCC(c1ccc(C)o1)N1CCCC1.I. The Labute approximate surface area is 202 Å². The highest BCUT2D eigenvalue weighted by Crippen LogP contribution is 2.27. The van der Waals surface area contributed by atoms with Gasteiger partial charge in [-0.05, 0) is 83.1 Å². The number of aliphatic imine (C=N–C) groups is 1. The van der Waals surface area contributed by atoms with Gasteiger partial charge in [-0.25, -0.2) is 0 Å². The van der Waals surface area contributed by atoms with Crippen LogP contribution >= 0.6 is 24.0 Å². The first-order chi connectivity index (χ1) is 14.7. The van der Waals surface area contributed by atoms with E-state index < -0.39 is 0 Å². The number of nitrogens with zero attached hydrogens (tertiary/aromatic N) is 3. The first kappa shape index (κ1) is 24.1. The van der Waals surface area contributed by atoms with Crippen LogP contribution < -0.4 is 10.6 Å². The Morgan fingerprint density at radius 1 is 0.935 bits per heavy atom. The van der Waals surface area contributed by atoms with E-state index in [0.717, 1.165) is 62.5 Å². The molecule has 31 heavy (non-hydrogen) atoms. The molecule has 0 aliphatic carbocycles. The smallest absolute Gasteiger partial charge is 0.191 e. The zero-order valence-corrected chi connectivity index (χ0v) is 21.0. The Bertz CT molecular complexity index is 795. The molecule has 2 fully saturated rings. The molecule has 7 nitrogen and oxygen atoms in total. The summed E-state index contributed by atoms with van der Waals surface area (Å²) >= 11 is 0. The molecule has 8 heteroatoms. The van der Waals surface area contributed by atoms with Gasteiger partial charge in [0.15, 0.2) is 5.96 Å². The fraction of sp³-hybridized carbons (Fsp3) is 0.609. The Kier molecular flexibility index (Phi) is 9.28. The van der Waals surface area contributed by atoms with Crippen molar-refractivity contribution in [1.82, 2.24) is 20.4 Å². The van der Waals surface area contributed by atoms with Gasteiger partial charge in [0.1, 0.15) is 17.3 Å². The van der Waals surface area contributed by atoms with Crippen LogP contribution in [0.4, 0.5) is 0 Å². The number of rotatable bonds is 8. The van der Waals surface area contributed by atoms with Crippen molar-refractivity contribution in [3.63, 3.8) is 0 Å². The first-order valence-electron chi connectivity index (χ1n) is 11.3. The molecule has 2 saturated heterocycles. The Morgan fingerprint density at radius 2 is 1.52 bits per heavy atom. The van der Waals surface area contributed by atoms with Gasteiger partial charge in [-0.15, -0.1) is 24.0 Å². The number of furan rings is 2. The van der Waals surface area contributed by atoms with Crippen molar-refractivity contribution in [3.05, 3.63) is 47.8 Å². The molecule has 2 unspecified atom stereocenters. The second-order valence-electron chi connectivity index (χ2n) is 8.32. The van der Waals surface area contributed by atoms with Gasteiger partial charge in [-0.3, -0.25) is 14.8 Å². The zero-order chi connectivity index (χ0) is 20.8. The number of aryl methyl sites for hydroxylation is 1. The molecular formula is C23H36IN5O2. The summed E-state index contributed by atoms with van der Waals surface area (Å²) < 4.78 is 11.7. The van der Waals surface area contributed by atoms with Crippen LogP contribution in [0.15, 0.2) is 44.4 Å². The molecule has 2 aliphatic rings. The Balaban J connectivity index is 0.00000272. The van der Waals surface area contributed by atoms with Crippen molar-refractivity contribution in [2.45, 2.75) is 44.7 Å². The largest absolute Gasteiger partial charge is 0.468 e. The third-order valence-corrected chi connectivity index (χ3v) is 6.27. The van der Waals surface area contributed by atoms with Crippen molar-refractivity contribution < 1.29 is 8.83 Å². The number of likely N-dealkylation sites (tertiary alicyclic amines) is 2. The first-order valence-corrected chi connectivity index (χ1v) is 11.3. The van der Waals surface area contributed by atoms with E-state index in [1.54, 1.807) is 6.26 Å². The summed E-state index contributed by atoms with van der Waals surface area (Å²) in [5, 5.41) is 7.06. The van der Waals surface area contributed by atoms with Crippen LogP contribution in [0.25, 0.3) is 0 Å². The van der Waals surface area contributed by atoms with E-state index in [9.17, 15) is 0 Å². The van der Waals surface area contributed by atoms with Crippen molar-refractivity contribution in [2.75, 3.05) is 46.3 Å². The van der Waals surface area contributed by atoms with Crippen LogP contribution in [0.5, 0.6) is 0 Å². The average Bonchev–Trinajstić information content (AvgIpc) is 3.56. The van der Waals surface area contributed by atoms with Crippen LogP contribution in [0.3, 0.4) is 0 Å². The van der Waals surface area contributed by atoms with Crippen LogP contribution in [-0.4, -0.2) is 62.1 Å². The lowest BCUT2D eigenvalue weighted by Gasteiger charge is -2.28. The molecule has 172 valence electrons. The van der Waals surface area contributed by atoms with Gasteiger partial charge in [-0.1, -0.05) is 0 Å². The minimum atomic E-state index is 0. The summed E-state index contributed by atoms with van der Waals surface area (Å²) in [5.74, 6) is 3.82. The molecule has 4 heterocycles. The van der Waals surface area contributed by atoms with Crippen molar-refractivity contribution in [3.8, 4) is 0 Å².